The van der Waals surface area contributed by atoms with Crippen LogP contribution in [0.25, 0.3) is 0 Å². The smallest absolute Gasteiger partial charge is 0.244 e. The summed E-state index contributed by atoms with van der Waals surface area (Å²) < 4.78 is 0. The highest BCUT2D eigenvalue weighted by Gasteiger charge is 2.66. The zero-order valence-electron chi connectivity index (χ0n) is 12.7. The molecule has 0 spiro atoms. The van der Waals surface area contributed by atoms with Crippen LogP contribution in [-0.4, -0.2) is 38.8 Å². The number of carbonyl (C=O) groups is 3. The molecule has 126 valence electrons. The highest BCUT2D eigenvalue weighted by Crippen LogP contribution is 2.60. The lowest BCUT2D eigenvalue weighted by Crippen LogP contribution is -2.39. The monoisotopic (exact) mass is 454 g/mol. The first-order valence-corrected chi connectivity index (χ1v) is 9.80. The average molecular weight is 456 g/mol. The molecule has 1 aromatic rings. The molecule has 3 amide bonds. The molecular formula is C17H16Br2N2O3. The zero-order valence-corrected chi connectivity index (χ0v) is 15.9. The number of likely N-dealkylation sites (tertiary alicyclic amines) is 1. The van der Waals surface area contributed by atoms with Crippen LogP contribution >= 0.6 is 31.9 Å². The predicted octanol–water partition coefficient (Wildman–Crippen LogP) is 2.40. The van der Waals surface area contributed by atoms with Crippen LogP contribution in [0.3, 0.4) is 0 Å². The number of carbonyl (C=O) groups excluding carboxylic acids is 3. The van der Waals surface area contributed by atoms with Gasteiger partial charge in [-0.25, -0.2) is 0 Å². The largest absolute Gasteiger partial charge is 0.325 e. The molecule has 1 aromatic carbocycles. The number of fused-ring (bicyclic) bond motifs is 5. The minimum atomic E-state index is -0.346. The summed E-state index contributed by atoms with van der Waals surface area (Å²) in [6, 6.07) is 9.02. The summed E-state index contributed by atoms with van der Waals surface area (Å²) in [7, 11) is 0. The Kier molecular flexibility index (Phi) is 4.03. The number of benzene rings is 1. The maximum atomic E-state index is 12.7. The molecule has 1 N–H and O–H groups in total. The quantitative estimate of drug-likeness (QED) is 0.562. The second-order valence-electron chi connectivity index (χ2n) is 6.68. The molecule has 1 saturated heterocycles. The van der Waals surface area contributed by atoms with Gasteiger partial charge in [-0.05, 0) is 30.4 Å². The van der Waals surface area contributed by atoms with Crippen molar-refractivity contribution in [2.75, 3.05) is 11.9 Å². The third-order valence-electron chi connectivity index (χ3n) is 5.44. The molecule has 3 aliphatic rings. The van der Waals surface area contributed by atoms with Crippen molar-refractivity contribution in [2.45, 2.75) is 16.1 Å². The number of rotatable bonds is 3. The van der Waals surface area contributed by atoms with Crippen molar-refractivity contribution >= 4 is 55.3 Å². The summed E-state index contributed by atoms with van der Waals surface area (Å²) in [6.07, 6.45) is 0.892. The Hall–Kier alpha value is -1.21. The van der Waals surface area contributed by atoms with Gasteiger partial charge in [-0.2, -0.15) is 0 Å². The van der Waals surface area contributed by atoms with Crippen LogP contribution in [0, 0.1) is 23.7 Å². The maximum Gasteiger partial charge on any atom is 0.244 e. The number of nitrogens with zero attached hydrogens (tertiary/aromatic N) is 1. The summed E-state index contributed by atoms with van der Waals surface area (Å²) in [6.45, 7) is -0.209. The van der Waals surface area contributed by atoms with Crippen molar-refractivity contribution in [1.29, 1.82) is 0 Å². The van der Waals surface area contributed by atoms with Gasteiger partial charge < -0.3 is 5.32 Å². The molecule has 24 heavy (non-hydrogen) atoms. The normalized spacial score (nSPS) is 37.0. The van der Waals surface area contributed by atoms with Gasteiger partial charge >= 0.3 is 0 Å². The van der Waals surface area contributed by atoms with E-state index in [9.17, 15) is 14.4 Å². The van der Waals surface area contributed by atoms with E-state index in [1.165, 1.54) is 0 Å². The van der Waals surface area contributed by atoms with Crippen LogP contribution in [0.15, 0.2) is 30.3 Å². The topological polar surface area (TPSA) is 66.5 Å². The predicted molar refractivity (Wildman–Crippen MR) is 95.8 cm³/mol. The van der Waals surface area contributed by atoms with Gasteiger partial charge in [-0.3, -0.25) is 19.3 Å². The van der Waals surface area contributed by atoms with Crippen molar-refractivity contribution < 1.29 is 14.4 Å². The van der Waals surface area contributed by atoms with E-state index in [4.69, 9.17) is 0 Å². The van der Waals surface area contributed by atoms with Gasteiger partial charge in [0, 0.05) is 15.3 Å². The van der Waals surface area contributed by atoms with Gasteiger partial charge in [-0.15, -0.1) is 0 Å². The first kappa shape index (κ1) is 16.3. The Morgan fingerprint density at radius 1 is 1.04 bits per heavy atom. The van der Waals surface area contributed by atoms with Crippen molar-refractivity contribution in [3.8, 4) is 0 Å². The van der Waals surface area contributed by atoms with Crippen LogP contribution in [-0.2, 0) is 14.4 Å². The molecule has 0 unspecified atom stereocenters. The van der Waals surface area contributed by atoms with E-state index in [0.717, 1.165) is 11.3 Å². The number of hydrogen-bond donors (Lipinski definition) is 1. The first-order valence-electron chi connectivity index (χ1n) is 7.97. The molecule has 2 bridgehead atoms. The number of nitrogens with one attached hydrogen (secondary N) is 1. The Morgan fingerprint density at radius 2 is 1.58 bits per heavy atom. The number of amides is 3. The number of halogens is 2. The van der Waals surface area contributed by atoms with Gasteiger partial charge in [0.05, 0.1) is 11.8 Å². The highest BCUT2D eigenvalue weighted by atomic mass is 79.9. The second-order valence-corrected chi connectivity index (χ2v) is 8.80. The molecule has 1 heterocycles. The molecule has 4 rings (SSSR count). The van der Waals surface area contributed by atoms with Crippen LogP contribution < -0.4 is 5.32 Å². The highest BCUT2D eigenvalue weighted by molar-refractivity contribution is 9.12. The van der Waals surface area contributed by atoms with Gasteiger partial charge in [-0.1, -0.05) is 50.1 Å². The lowest BCUT2D eigenvalue weighted by molar-refractivity contribution is -0.143. The molecular weight excluding hydrogens is 440 g/mol. The molecule has 2 aliphatic carbocycles. The van der Waals surface area contributed by atoms with Gasteiger partial charge in [0.2, 0.25) is 17.7 Å². The summed E-state index contributed by atoms with van der Waals surface area (Å²) in [5.74, 6) is -0.934. The van der Waals surface area contributed by atoms with E-state index >= 15 is 0 Å². The van der Waals surface area contributed by atoms with Crippen molar-refractivity contribution in [3.63, 3.8) is 0 Å². The lowest BCUT2D eigenvalue weighted by atomic mass is 9.81. The summed E-state index contributed by atoms with van der Waals surface area (Å²) in [5, 5.41) is 2.73. The van der Waals surface area contributed by atoms with E-state index < -0.39 is 0 Å². The fourth-order valence-electron chi connectivity index (χ4n) is 4.43. The van der Waals surface area contributed by atoms with E-state index in [-0.39, 0.29) is 57.6 Å². The SMILES string of the molecule is O=C(CN1C(=O)[C@H]2[C@@H]3C[C@@H]([C@@H](Br)[C@H]3Br)[C@@H]2C1=O)Nc1ccccc1. The minimum absolute atomic E-state index is 0.169. The molecule has 5 nitrogen and oxygen atoms in total. The Morgan fingerprint density at radius 3 is 2.12 bits per heavy atom. The van der Waals surface area contributed by atoms with Crippen LogP contribution in [0.1, 0.15) is 6.42 Å². The average Bonchev–Trinajstić information content (AvgIpc) is 3.16. The molecule has 0 aromatic heterocycles. The van der Waals surface area contributed by atoms with Crippen molar-refractivity contribution in [2.24, 2.45) is 23.7 Å². The molecule has 7 heteroatoms. The lowest BCUT2D eigenvalue weighted by Gasteiger charge is -2.28. The third kappa shape index (κ3) is 2.36. The van der Waals surface area contributed by atoms with E-state index in [1.807, 2.05) is 18.2 Å². The summed E-state index contributed by atoms with van der Waals surface area (Å²) >= 11 is 7.30. The standard InChI is InChI=1S/C17H16Br2N2O3/c18-14-9-6-10(15(14)19)13-12(9)16(23)21(17(13)24)7-11(22)20-8-4-2-1-3-5-8/h1-5,9-10,12-15H,6-7H2,(H,20,22)/t9-,10+,12-,13-,14-,15+/m0/s1. The second kappa shape index (κ2) is 5.95. The van der Waals surface area contributed by atoms with Gasteiger partial charge in [0.1, 0.15) is 6.54 Å². The van der Waals surface area contributed by atoms with Crippen LogP contribution in [0.2, 0.25) is 0 Å². The van der Waals surface area contributed by atoms with E-state index in [2.05, 4.69) is 37.2 Å². The number of hydrogen-bond acceptors (Lipinski definition) is 3. The molecule has 6 atom stereocenters. The van der Waals surface area contributed by atoms with E-state index in [1.54, 1.807) is 12.1 Å². The molecule has 2 saturated carbocycles. The summed E-state index contributed by atoms with van der Waals surface area (Å²) in [4.78, 5) is 39.2. The summed E-state index contributed by atoms with van der Waals surface area (Å²) in [5.41, 5.74) is 0.655. The fraction of sp³-hybridized carbons (Fsp3) is 0.471. The number of para-hydroxylation sites is 1. The Bertz CT molecular complexity index is 679. The van der Waals surface area contributed by atoms with Crippen molar-refractivity contribution in [1.82, 2.24) is 4.90 Å². The maximum absolute atomic E-state index is 12.7. The fourth-order valence-corrected chi connectivity index (χ4v) is 6.31. The molecule has 1 aliphatic heterocycles. The number of alkyl halides is 2. The Balaban J connectivity index is 1.49. The van der Waals surface area contributed by atoms with E-state index in [0.29, 0.717) is 5.69 Å². The molecule has 3 fully saturated rings. The third-order valence-corrected chi connectivity index (χ3v) is 8.64. The van der Waals surface area contributed by atoms with Crippen LogP contribution in [0.5, 0.6) is 0 Å². The molecule has 0 radical (unpaired) electrons. The van der Waals surface area contributed by atoms with Crippen LogP contribution in [0.4, 0.5) is 5.69 Å². The van der Waals surface area contributed by atoms with Gasteiger partial charge in [0.25, 0.3) is 0 Å². The Labute approximate surface area is 156 Å². The minimum Gasteiger partial charge on any atom is -0.325 e. The zero-order chi connectivity index (χ0) is 17.0. The number of anilines is 1. The van der Waals surface area contributed by atoms with Gasteiger partial charge in [0.15, 0.2) is 0 Å². The van der Waals surface area contributed by atoms with Crippen molar-refractivity contribution in [3.05, 3.63) is 30.3 Å². The first-order chi connectivity index (χ1) is 11.5. The number of imide groups is 1.